The molecular formula is C15H15ClN2O3. The summed E-state index contributed by atoms with van der Waals surface area (Å²) in [5.74, 6) is -0.499. The molecule has 0 saturated heterocycles. The van der Waals surface area contributed by atoms with Crippen LogP contribution in [0, 0.1) is 0 Å². The highest BCUT2D eigenvalue weighted by Gasteiger charge is 2.07. The third-order valence-electron chi connectivity index (χ3n) is 2.86. The third-order valence-corrected chi connectivity index (χ3v) is 3.17. The molecule has 0 spiro atoms. The molecule has 0 fully saturated rings. The molecule has 0 heterocycles. The first-order valence-electron chi connectivity index (χ1n) is 6.28. The molecule has 0 aromatic heterocycles. The van der Waals surface area contributed by atoms with E-state index in [1.807, 2.05) is 0 Å². The number of para-hydroxylation sites is 1. The van der Waals surface area contributed by atoms with Gasteiger partial charge in [0.2, 0.25) is 5.91 Å². The Morgan fingerprint density at radius 2 is 2.00 bits per heavy atom. The zero-order chi connectivity index (χ0) is 15.4. The van der Waals surface area contributed by atoms with Gasteiger partial charge in [-0.2, -0.15) is 0 Å². The van der Waals surface area contributed by atoms with Crippen LogP contribution in [0.4, 0.5) is 11.4 Å². The SMILES string of the molecule is CC(=O)Nc1ccc(NCc2cccc(O)c2O)cc1Cl. The number of halogens is 1. The average molecular weight is 307 g/mol. The van der Waals surface area contributed by atoms with Crippen LogP contribution < -0.4 is 10.6 Å². The number of anilines is 2. The summed E-state index contributed by atoms with van der Waals surface area (Å²) >= 11 is 6.07. The highest BCUT2D eigenvalue weighted by Crippen LogP contribution is 2.30. The minimum absolute atomic E-state index is 0.147. The van der Waals surface area contributed by atoms with Gasteiger partial charge in [-0.1, -0.05) is 23.7 Å². The van der Waals surface area contributed by atoms with Crippen LogP contribution >= 0.6 is 11.6 Å². The molecule has 2 aromatic rings. The number of hydrogen-bond donors (Lipinski definition) is 4. The molecule has 110 valence electrons. The first-order chi connectivity index (χ1) is 9.97. The van der Waals surface area contributed by atoms with Gasteiger partial charge in [0.15, 0.2) is 11.5 Å². The number of rotatable bonds is 4. The molecular weight excluding hydrogens is 292 g/mol. The van der Waals surface area contributed by atoms with E-state index < -0.39 is 0 Å². The fourth-order valence-corrected chi connectivity index (χ4v) is 2.06. The molecule has 0 aliphatic carbocycles. The maximum absolute atomic E-state index is 11.0. The molecule has 5 nitrogen and oxygen atoms in total. The van der Waals surface area contributed by atoms with Crippen molar-refractivity contribution in [1.29, 1.82) is 0 Å². The Kier molecular flexibility index (Phi) is 4.55. The van der Waals surface area contributed by atoms with Gasteiger partial charge in [-0.3, -0.25) is 4.79 Å². The number of carbonyl (C=O) groups is 1. The molecule has 4 N–H and O–H groups in total. The first kappa shape index (κ1) is 15.0. The van der Waals surface area contributed by atoms with Gasteiger partial charge < -0.3 is 20.8 Å². The molecule has 21 heavy (non-hydrogen) atoms. The zero-order valence-electron chi connectivity index (χ0n) is 11.4. The van der Waals surface area contributed by atoms with Crippen LogP contribution in [0.3, 0.4) is 0 Å². The smallest absolute Gasteiger partial charge is 0.221 e. The fraction of sp³-hybridized carbons (Fsp3) is 0.133. The molecule has 0 saturated carbocycles. The van der Waals surface area contributed by atoms with Crippen molar-refractivity contribution in [3.8, 4) is 11.5 Å². The molecule has 0 aliphatic heterocycles. The van der Waals surface area contributed by atoms with Crippen LogP contribution in [0.15, 0.2) is 36.4 Å². The van der Waals surface area contributed by atoms with Crippen molar-refractivity contribution in [2.75, 3.05) is 10.6 Å². The van der Waals surface area contributed by atoms with Crippen molar-refractivity contribution in [3.05, 3.63) is 47.0 Å². The lowest BCUT2D eigenvalue weighted by Gasteiger charge is -2.11. The quantitative estimate of drug-likeness (QED) is 0.653. The average Bonchev–Trinajstić information content (AvgIpc) is 2.43. The summed E-state index contributed by atoms with van der Waals surface area (Å²) in [4.78, 5) is 11.0. The number of carbonyl (C=O) groups excluding carboxylic acids is 1. The summed E-state index contributed by atoms with van der Waals surface area (Å²) in [5, 5.41) is 25.2. The van der Waals surface area contributed by atoms with Gasteiger partial charge in [0.25, 0.3) is 0 Å². The van der Waals surface area contributed by atoms with Crippen LogP contribution in [-0.2, 0) is 11.3 Å². The lowest BCUT2D eigenvalue weighted by Crippen LogP contribution is -2.06. The van der Waals surface area contributed by atoms with E-state index in [0.29, 0.717) is 22.8 Å². The summed E-state index contributed by atoms with van der Waals surface area (Å²) in [6.07, 6.45) is 0. The molecule has 6 heteroatoms. The zero-order valence-corrected chi connectivity index (χ0v) is 12.1. The van der Waals surface area contributed by atoms with Gasteiger partial charge in [0.05, 0.1) is 10.7 Å². The van der Waals surface area contributed by atoms with Crippen LogP contribution in [0.2, 0.25) is 5.02 Å². The predicted molar refractivity (Wildman–Crippen MR) is 82.9 cm³/mol. The van der Waals surface area contributed by atoms with Crippen LogP contribution in [0.25, 0.3) is 0 Å². The van der Waals surface area contributed by atoms with Gasteiger partial charge in [-0.05, 0) is 24.3 Å². The Bertz CT molecular complexity index is 674. The summed E-state index contributed by atoms with van der Waals surface area (Å²) in [5.41, 5.74) is 1.84. The van der Waals surface area contributed by atoms with Gasteiger partial charge in [-0.25, -0.2) is 0 Å². The monoisotopic (exact) mass is 306 g/mol. The number of amides is 1. The Morgan fingerprint density at radius 1 is 1.24 bits per heavy atom. The van der Waals surface area contributed by atoms with Crippen molar-refractivity contribution < 1.29 is 15.0 Å². The van der Waals surface area contributed by atoms with E-state index in [1.165, 1.54) is 13.0 Å². The summed E-state index contributed by atoms with van der Waals surface area (Å²) in [6.45, 7) is 1.74. The Morgan fingerprint density at radius 3 is 2.67 bits per heavy atom. The van der Waals surface area contributed by atoms with Crippen molar-refractivity contribution >= 4 is 28.9 Å². The molecule has 0 unspecified atom stereocenters. The fourth-order valence-electron chi connectivity index (χ4n) is 1.83. The normalized spacial score (nSPS) is 10.2. The molecule has 0 atom stereocenters. The third kappa shape index (κ3) is 3.79. The number of phenolic OH excluding ortho intramolecular Hbond substituents is 2. The summed E-state index contributed by atoms with van der Waals surface area (Å²) in [6, 6.07) is 9.89. The highest BCUT2D eigenvalue weighted by molar-refractivity contribution is 6.34. The van der Waals surface area contributed by atoms with Gasteiger partial charge in [0, 0.05) is 24.7 Å². The van der Waals surface area contributed by atoms with E-state index in [2.05, 4.69) is 10.6 Å². The minimum Gasteiger partial charge on any atom is -0.504 e. The number of phenols is 2. The Balaban J connectivity index is 2.08. The lowest BCUT2D eigenvalue weighted by molar-refractivity contribution is -0.114. The molecule has 2 aromatic carbocycles. The summed E-state index contributed by atoms with van der Waals surface area (Å²) in [7, 11) is 0. The molecule has 2 rings (SSSR count). The van der Waals surface area contributed by atoms with E-state index in [4.69, 9.17) is 11.6 Å². The Hall–Kier alpha value is -2.40. The second-order valence-electron chi connectivity index (χ2n) is 4.51. The topological polar surface area (TPSA) is 81.6 Å². The van der Waals surface area contributed by atoms with E-state index in [9.17, 15) is 15.0 Å². The number of aromatic hydroxyl groups is 2. The second kappa shape index (κ2) is 6.37. The van der Waals surface area contributed by atoms with Crippen molar-refractivity contribution in [1.82, 2.24) is 0 Å². The minimum atomic E-state index is -0.192. The molecule has 1 amide bonds. The van der Waals surface area contributed by atoms with Crippen LogP contribution in [0.5, 0.6) is 11.5 Å². The van der Waals surface area contributed by atoms with E-state index in [0.717, 1.165) is 5.69 Å². The van der Waals surface area contributed by atoms with Gasteiger partial charge in [0.1, 0.15) is 0 Å². The largest absolute Gasteiger partial charge is 0.504 e. The number of benzene rings is 2. The van der Waals surface area contributed by atoms with E-state index in [1.54, 1.807) is 30.3 Å². The Labute approximate surface area is 127 Å². The first-order valence-corrected chi connectivity index (χ1v) is 6.66. The maximum atomic E-state index is 11.0. The maximum Gasteiger partial charge on any atom is 0.221 e. The van der Waals surface area contributed by atoms with Crippen molar-refractivity contribution in [3.63, 3.8) is 0 Å². The molecule has 0 bridgehead atoms. The van der Waals surface area contributed by atoms with Crippen LogP contribution in [0.1, 0.15) is 12.5 Å². The second-order valence-corrected chi connectivity index (χ2v) is 4.92. The van der Waals surface area contributed by atoms with Gasteiger partial charge in [-0.15, -0.1) is 0 Å². The molecule has 0 aliphatic rings. The van der Waals surface area contributed by atoms with Gasteiger partial charge >= 0.3 is 0 Å². The number of hydrogen-bond acceptors (Lipinski definition) is 4. The van der Waals surface area contributed by atoms with Crippen LogP contribution in [-0.4, -0.2) is 16.1 Å². The van der Waals surface area contributed by atoms with Crippen molar-refractivity contribution in [2.45, 2.75) is 13.5 Å². The van der Waals surface area contributed by atoms with E-state index >= 15 is 0 Å². The lowest BCUT2D eigenvalue weighted by atomic mass is 10.2. The summed E-state index contributed by atoms with van der Waals surface area (Å²) < 4.78 is 0. The highest BCUT2D eigenvalue weighted by atomic mass is 35.5. The van der Waals surface area contributed by atoms with E-state index in [-0.39, 0.29) is 17.4 Å². The standard InChI is InChI=1S/C15H15ClN2O3/c1-9(19)18-13-6-5-11(7-12(13)16)17-8-10-3-2-4-14(20)15(10)21/h2-7,17,20-21H,8H2,1H3,(H,18,19). The predicted octanol–water partition coefficient (Wildman–Crippen LogP) is 3.32. The molecule has 0 radical (unpaired) electrons. The van der Waals surface area contributed by atoms with Crippen molar-refractivity contribution in [2.24, 2.45) is 0 Å². The number of nitrogens with one attached hydrogen (secondary N) is 2.